The van der Waals surface area contributed by atoms with E-state index in [1.807, 2.05) is 0 Å². The summed E-state index contributed by atoms with van der Waals surface area (Å²) in [5, 5.41) is 7.17. The average molecular weight is 240 g/mol. The lowest BCUT2D eigenvalue weighted by Gasteiger charge is -2.34. The van der Waals surface area contributed by atoms with Gasteiger partial charge in [-0.25, -0.2) is 0 Å². The minimum Gasteiger partial charge on any atom is -0.317 e. The van der Waals surface area contributed by atoms with E-state index in [1.165, 1.54) is 45.3 Å². The quantitative estimate of drug-likeness (QED) is 0.771. The maximum absolute atomic E-state index is 3.74. The Balaban J connectivity index is 2.20. The van der Waals surface area contributed by atoms with Crippen LogP contribution in [0.5, 0.6) is 0 Å². The largest absolute Gasteiger partial charge is 0.317 e. The molecule has 2 nitrogen and oxygen atoms in total. The van der Waals surface area contributed by atoms with Crippen LogP contribution in [-0.2, 0) is 0 Å². The number of nitrogens with one attached hydrogen (secondary N) is 2. The molecule has 0 aromatic heterocycles. The summed E-state index contributed by atoms with van der Waals surface area (Å²) >= 11 is 0. The molecule has 102 valence electrons. The van der Waals surface area contributed by atoms with Crippen LogP contribution in [0.15, 0.2) is 0 Å². The Morgan fingerprint density at radius 2 is 1.65 bits per heavy atom. The zero-order valence-electron chi connectivity index (χ0n) is 12.5. The zero-order valence-corrected chi connectivity index (χ0v) is 12.5. The fraction of sp³-hybridized carbons (Fsp3) is 1.00. The van der Waals surface area contributed by atoms with Crippen LogP contribution in [0.3, 0.4) is 0 Å². The number of rotatable bonds is 5. The summed E-state index contributed by atoms with van der Waals surface area (Å²) in [5.74, 6) is 0.939. The molecule has 0 saturated carbocycles. The number of hydrogen-bond donors (Lipinski definition) is 2. The molecule has 0 aromatic carbocycles. The van der Waals surface area contributed by atoms with E-state index in [9.17, 15) is 0 Å². The molecule has 0 bridgehead atoms. The SMILES string of the molecule is CC(C)(C)CC(C)(C)NCCC1CCNCC1. The summed E-state index contributed by atoms with van der Waals surface area (Å²) < 4.78 is 0. The Kier molecular flexibility index (Phi) is 5.46. The zero-order chi connectivity index (χ0) is 12.9. The smallest absolute Gasteiger partial charge is 0.0130 e. The van der Waals surface area contributed by atoms with Crippen molar-refractivity contribution in [1.29, 1.82) is 0 Å². The average Bonchev–Trinajstić information content (AvgIpc) is 2.15. The normalized spacial score (nSPS) is 19.6. The summed E-state index contributed by atoms with van der Waals surface area (Å²) in [6.45, 7) is 15.2. The molecule has 0 atom stereocenters. The third kappa shape index (κ3) is 7.05. The van der Waals surface area contributed by atoms with Crippen LogP contribution in [0.25, 0.3) is 0 Å². The summed E-state index contributed by atoms with van der Waals surface area (Å²) in [7, 11) is 0. The summed E-state index contributed by atoms with van der Waals surface area (Å²) in [5.41, 5.74) is 0.677. The molecule has 1 heterocycles. The van der Waals surface area contributed by atoms with Gasteiger partial charge >= 0.3 is 0 Å². The van der Waals surface area contributed by atoms with Gasteiger partial charge in [-0.2, -0.15) is 0 Å². The summed E-state index contributed by atoms with van der Waals surface area (Å²) in [6.07, 6.45) is 5.30. The molecular formula is C15H32N2. The van der Waals surface area contributed by atoms with Crippen LogP contribution in [-0.4, -0.2) is 25.2 Å². The predicted octanol–water partition coefficient (Wildman–Crippen LogP) is 3.18. The molecule has 1 saturated heterocycles. The fourth-order valence-electron chi connectivity index (χ4n) is 3.17. The van der Waals surface area contributed by atoms with Crippen molar-refractivity contribution in [1.82, 2.24) is 10.6 Å². The van der Waals surface area contributed by atoms with Crippen LogP contribution in [0, 0.1) is 11.3 Å². The van der Waals surface area contributed by atoms with Gasteiger partial charge in [-0.15, -0.1) is 0 Å². The molecule has 1 fully saturated rings. The maximum Gasteiger partial charge on any atom is 0.0130 e. The lowest BCUT2D eigenvalue weighted by molar-refractivity contribution is 0.233. The van der Waals surface area contributed by atoms with E-state index in [2.05, 4.69) is 45.3 Å². The molecule has 17 heavy (non-hydrogen) atoms. The highest BCUT2D eigenvalue weighted by Crippen LogP contribution is 2.27. The van der Waals surface area contributed by atoms with Crippen molar-refractivity contribution in [3.63, 3.8) is 0 Å². The first-order valence-electron chi connectivity index (χ1n) is 7.24. The molecule has 0 radical (unpaired) electrons. The van der Waals surface area contributed by atoms with Crippen molar-refractivity contribution in [3.05, 3.63) is 0 Å². The molecule has 0 aromatic rings. The Hall–Kier alpha value is -0.0800. The highest BCUT2D eigenvalue weighted by atomic mass is 15.0. The van der Waals surface area contributed by atoms with E-state index in [4.69, 9.17) is 0 Å². The molecule has 2 heteroatoms. The van der Waals surface area contributed by atoms with Crippen molar-refractivity contribution < 1.29 is 0 Å². The van der Waals surface area contributed by atoms with Crippen LogP contribution >= 0.6 is 0 Å². The van der Waals surface area contributed by atoms with Crippen molar-refractivity contribution in [2.45, 2.75) is 65.8 Å². The third-order valence-corrected chi connectivity index (χ3v) is 3.59. The van der Waals surface area contributed by atoms with Crippen molar-refractivity contribution in [3.8, 4) is 0 Å². The second-order valence-electron chi connectivity index (χ2n) is 7.53. The molecule has 1 rings (SSSR count). The van der Waals surface area contributed by atoms with Crippen molar-refractivity contribution in [2.24, 2.45) is 11.3 Å². The predicted molar refractivity (Wildman–Crippen MR) is 76.4 cm³/mol. The van der Waals surface area contributed by atoms with Gasteiger partial charge in [0.05, 0.1) is 0 Å². The van der Waals surface area contributed by atoms with E-state index in [-0.39, 0.29) is 5.54 Å². The van der Waals surface area contributed by atoms with Crippen LogP contribution in [0.4, 0.5) is 0 Å². The van der Waals surface area contributed by atoms with E-state index in [1.54, 1.807) is 0 Å². The van der Waals surface area contributed by atoms with Crippen LogP contribution in [0.2, 0.25) is 0 Å². The van der Waals surface area contributed by atoms with Crippen LogP contribution in [0.1, 0.15) is 60.3 Å². The summed E-state index contributed by atoms with van der Waals surface area (Å²) in [4.78, 5) is 0. The fourth-order valence-corrected chi connectivity index (χ4v) is 3.17. The Labute approximate surface area is 108 Å². The van der Waals surface area contributed by atoms with Crippen molar-refractivity contribution in [2.75, 3.05) is 19.6 Å². The van der Waals surface area contributed by atoms with E-state index in [0.29, 0.717) is 5.41 Å². The Morgan fingerprint density at radius 1 is 1.06 bits per heavy atom. The van der Waals surface area contributed by atoms with Gasteiger partial charge in [0.25, 0.3) is 0 Å². The van der Waals surface area contributed by atoms with Gasteiger partial charge in [0.1, 0.15) is 0 Å². The van der Waals surface area contributed by atoms with Gasteiger partial charge in [0, 0.05) is 5.54 Å². The van der Waals surface area contributed by atoms with Crippen LogP contribution < -0.4 is 10.6 Å². The highest BCUT2D eigenvalue weighted by molar-refractivity contribution is 4.83. The topological polar surface area (TPSA) is 24.1 Å². The van der Waals surface area contributed by atoms with Gasteiger partial charge in [0.15, 0.2) is 0 Å². The Morgan fingerprint density at radius 3 is 2.18 bits per heavy atom. The molecule has 1 aliphatic rings. The summed E-state index contributed by atoms with van der Waals surface area (Å²) in [6, 6.07) is 0. The molecule has 0 unspecified atom stereocenters. The first-order chi connectivity index (χ1) is 7.79. The van der Waals surface area contributed by atoms with Crippen molar-refractivity contribution >= 4 is 0 Å². The number of piperidine rings is 1. The van der Waals surface area contributed by atoms with E-state index >= 15 is 0 Å². The lowest BCUT2D eigenvalue weighted by atomic mass is 9.81. The van der Waals surface area contributed by atoms with Gasteiger partial charge in [-0.1, -0.05) is 20.8 Å². The first-order valence-corrected chi connectivity index (χ1v) is 7.24. The standard InChI is InChI=1S/C15H32N2/c1-14(2,3)12-15(4,5)17-11-8-13-6-9-16-10-7-13/h13,16-17H,6-12H2,1-5H3. The van der Waals surface area contributed by atoms with Gasteiger partial charge < -0.3 is 10.6 Å². The van der Waals surface area contributed by atoms with Gasteiger partial charge in [-0.05, 0) is 70.5 Å². The maximum atomic E-state index is 3.74. The monoisotopic (exact) mass is 240 g/mol. The minimum absolute atomic E-state index is 0.269. The van der Waals surface area contributed by atoms with E-state index < -0.39 is 0 Å². The lowest BCUT2D eigenvalue weighted by Crippen LogP contribution is -2.43. The molecule has 0 aliphatic carbocycles. The second-order valence-corrected chi connectivity index (χ2v) is 7.53. The molecule has 0 spiro atoms. The minimum atomic E-state index is 0.269. The molecule has 1 aliphatic heterocycles. The third-order valence-electron chi connectivity index (χ3n) is 3.59. The Bertz CT molecular complexity index is 209. The first kappa shape index (κ1) is 15.0. The molecule has 0 amide bonds. The second kappa shape index (κ2) is 6.19. The van der Waals surface area contributed by atoms with Gasteiger partial charge in [-0.3, -0.25) is 0 Å². The number of hydrogen-bond acceptors (Lipinski definition) is 2. The van der Waals surface area contributed by atoms with Gasteiger partial charge in [0.2, 0.25) is 0 Å². The molecule has 2 N–H and O–H groups in total. The molecular weight excluding hydrogens is 208 g/mol. The van der Waals surface area contributed by atoms with E-state index in [0.717, 1.165) is 5.92 Å². The highest BCUT2D eigenvalue weighted by Gasteiger charge is 2.25.